The van der Waals surface area contributed by atoms with Gasteiger partial charge in [-0.25, -0.2) is 4.79 Å². The van der Waals surface area contributed by atoms with E-state index in [9.17, 15) is 117 Å². The van der Waals surface area contributed by atoms with Crippen molar-refractivity contribution in [1.82, 2.24) is 0 Å². The summed E-state index contributed by atoms with van der Waals surface area (Å²) >= 11 is 0. The van der Waals surface area contributed by atoms with Gasteiger partial charge in [-0.05, 0) is 125 Å². The number of aliphatic carboxylic acids is 1. The van der Waals surface area contributed by atoms with Crippen LogP contribution in [0.15, 0.2) is 11.6 Å². The van der Waals surface area contributed by atoms with E-state index in [1.165, 1.54) is 27.7 Å². The molecule has 41 heteroatoms. The Morgan fingerprint density at radius 3 is 1.61 bits per heavy atom. The fraction of sp³-hybridized carbons (Fsp3) is 0.923. The summed E-state index contributed by atoms with van der Waals surface area (Å²) in [5.74, 6) is -5.30. The number of allylic oxidation sites excluding steroid dienone is 2. The van der Waals surface area contributed by atoms with Crippen LogP contribution in [0.3, 0.4) is 0 Å². The molecule has 47 atom stereocenters. The molecule has 0 amide bonds. The maximum atomic E-state index is 16.4. The minimum atomic E-state index is -2.26. The summed E-state index contributed by atoms with van der Waals surface area (Å²) in [5.41, 5.74) is -7.54. The lowest BCUT2D eigenvalue weighted by Crippen LogP contribution is -2.70. The standard InChI is InChI=1S/C78H122O41/c1-27-40(85)43(88)47(92)64(105-27)114-56-51(96)57(62(99)100)115-69(59(56)117-67-49(94)45(90)42(87)35(22-79)110-67)111-39-15-16-73(8)36(74(39,9)24-80)14-17-75(10)37(73)13-12-32-33-20-72(6,7)18-19-78(33,38(84)21-76(32,75)11)71(101)119-68-60(58(54(30(4)108-68)109-31(5)82)116-65-48(93)44(89)41(86)28(2)106-65)118-66-50(95)46(91)53(29(3)107-66)112-63-52(97)55(34(83)23-103-63)113-70-61(98)77(102,25-81)26-104-70/h12,24,27-30,33-61,63-70,79,81,83-98,102H,13-23,25-26H2,1-11H3,(H,99,100). The molecule has 12 fully saturated rings. The van der Waals surface area contributed by atoms with Gasteiger partial charge in [-0.15, -0.1) is 0 Å². The third-order valence-corrected chi connectivity index (χ3v) is 29.3. The molecule has 4 saturated carbocycles. The van der Waals surface area contributed by atoms with E-state index in [4.69, 9.17) is 80.5 Å². The second kappa shape index (κ2) is 34.9. The third-order valence-electron chi connectivity index (χ3n) is 29.3. The van der Waals surface area contributed by atoms with Crippen LogP contribution in [0, 0.1) is 50.2 Å². The molecule has 8 saturated heterocycles. The van der Waals surface area contributed by atoms with Gasteiger partial charge in [0.05, 0.1) is 68.5 Å². The largest absolute Gasteiger partial charge is 0.479 e. The first-order valence-electron chi connectivity index (χ1n) is 41.1. The molecule has 0 aromatic rings. The van der Waals surface area contributed by atoms with Crippen LogP contribution in [0.4, 0.5) is 0 Å². The molecule has 0 aromatic heterocycles. The quantitative estimate of drug-likeness (QED) is 0.0220. The lowest BCUT2D eigenvalue weighted by Gasteiger charge is -2.71. The molecular formula is C78H122O41. The molecule has 119 heavy (non-hydrogen) atoms. The molecule has 13 aliphatic rings. The predicted octanol–water partition coefficient (Wildman–Crippen LogP) is -6.54. The number of aliphatic hydroxyl groups is 19. The predicted molar refractivity (Wildman–Crippen MR) is 388 cm³/mol. The molecule has 47 unspecified atom stereocenters. The van der Waals surface area contributed by atoms with Crippen molar-refractivity contribution >= 4 is 24.2 Å². The van der Waals surface area contributed by atoms with E-state index in [2.05, 4.69) is 26.8 Å². The zero-order valence-electron chi connectivity index (χ0n) is 68.0. The number of hydrogen-bond acceptors (Lipinski definition) is 40. The van der Waals surface area contributed by atoms with Crippen LogP contribution in [0.25, 0.3) is 0 Å². The lowest BCUT2D eigenvalue weighted by molar-refractivity contribution is -0.394. The second-order valence-corrected chi connectivity index (χ2v) is 37.1. The first kappa shape index (κ1) is 93.1. The molecule has 41 nitrogen and oxygen atoms in total. The smallest absolute Gasteiger partial charge is 0.335 e. The summed E-state index contributed by atoms with van der Waals surface area (Å²) in [6.45, 7) is 15.6. The van der Waals surface area contributed by atoms with Gasteiger partial charge < -0.3 is 187 Å². The molecule has 5 aliphatic carbocycles. The minimum Gasteiger partial charge on any atom is -0.479 e. The molecule has 0 bridgehead atoms. The number of ether oxygens (including phenoxy) is 17. The summed E-state index contributed by atoms with van der Waals surface area (Å²) in [7, 11) is 0. The van der Waals surface area contributed by atoms with Crippen molar-refractivity contribution in [1.29, 1.82) is 0 Å². The van der Waals surface area contributed by atoms with Crippen LogP contribution in [-0.2, 0) is 99.7 Å². The van der Waals surface area contributed by atoms with E-state index < -0.39 is 328 Å². The topological polar surface area (TPSA) is 630 Å². The van der Waals surface area contributed by atoms with Crippen LogP contribution in [-0.4, -0.2) is 392 Å². The zero-order chi connectivity index (χ0) is 87.1. The fourth-order valence-corrected chi connectivity index (χ4v) is 22.0. The van der Waals surface area contributed by atoms with E-state index in [0.29, 0.717) is 38.5 Å². The Balaban J connectivity index is 0.789. The highest BCUT2D eigenvalue weighted by molar-refractivity contribution is 5.80. The van der Waals surface area contributed by atoms with Crippen molar-refractivity contribution in [2.24, 2.45) is 50.2 Å². The van der Waals surface area contributed by atoms with Gasteiger partial charge in [0.1, 0.15) is 145 Å². The molecule has 8 aliphatic heterocycles. The van der Waals surface area contributed by atoms with Gasteiger partial charge in [0, 0.05) is 6.92 Å². The van der Waals surface area contributed by atoms with Crippen molar-refractivity contribution in [3.63, 3.8) is 0 Å². The Morgan fingerprint density at radius 1 is 0.496 bits per heavy atom. The fourth-order valence-electron chi connectivity index (χ4n) is 22.0. The Labute approximate surface area is 685 Å². The third kappa shape index (κ3) is 16.3. The number of rotatable bonds is 21. The lowest BCUT2D eigenvalue weighted by atomic mass is 9.33. The van der Waals surface area contributed by atoms with Gasteiger partial charge in [-0.1, -0.05) is 53.2 Å². The van der Waals surface area contributed by atoms with Crippen molar-refractivity contribution in [2.45, 2.75) is 373 Å². The Hall–Kier alpha value is -3.54. The van der Waals surface area contributed by atoms with Gasteiger partial charge in [0.2, 0.25) is 6.29 Å². The van der Waals surface area contributed by atoms with Crippen LogP contribution in [0.1, 0.15) is 134 Å². The highest BCUT2D eigenvalue weighted by Gasteiger charge is 2.74. The summed E-state index contributed by atoms with van der Waals surface area (Å²) in [5, 5.41) is 223. The van der Waals surface area contributed by atoms with E-state index >= 15 is 4.79 Å². The van der Waals surface area contributed by atoms with E-state index in [-0.39, 0.29) is 25.2 Å². The highest BCUT2D eigenvalue weighted by Crippen LogP contribution is 2.76. The van der Waals surface area contributed by atoms with Crippen molar-refractivity contribution in [2.75, 3.05) is 26.4 Å². The van der Waals surface area contributed by atoms with E-state index in [0.717, 1.165) is 18.8 Å². The number of fused-ring (bicyclic) bond motifs is 7. The van der Waals surface area contributed by atoms with Crippen molar-refractivity contribution < 1.29 is 202 Å². The van der Waals surface area contributed by atoms with Gasteiger partial charge in [0.15, 0.2) is 62.3 Å². The second-order valence-electron chi connectivity index (χ2n) is 37.1. The monoisotopic (exact) mass is 1710 g/mol. The van der Waals surface area contributed by atoms with Gasteiger partial charge in [-0.2, -0.15) is 0 Å². The summed E-state index contributed by atoms with van der Waals surface area (Å²) in [6, 6.07) is 0. The maximum absolute atomic E-state index is 16.4. The molecule has 8 heterocycles. The summed E-state index contributed by atoms with van der Waals surface area (Å²) < 4.78 is 104. The molecule has 680 valence electrons. The van der Waals surface area contributed by atoms with E-state index in [1.54, 1.807) is 6.92 Å². The number of aliphatic hydroxyl groups excluding tert-OH is 18. The van der Waals surface area contributed by atoms with Crippen LogP contribution >= 0.6 is 0 Å². The van der Waals surface area contributed by atoms with Gasteiger partial charge >= 0.3 is 17.9 Å². The number of carbonyl (C=O) groups excluding carboxylic acids is 3. The normalized spacial score (nSPS) is 54.4. The summed E-state index contributed by atoms with van der Waals surface area (Å²) in [4.78, 5) is 57.1. The van der Waals surface area contributed by atoms with Crippen LogP contribution in [0.5, 0.6) is 0 Å². The average Bonchev–Trinajstić information content (AvgIpc) is 0.823. The number of carbonyl (C=O) groups is 4. The molecule has 20 N–H and O–H groups in total. The maximum Gasteiger partial charge on any atom is 0.335 e. The number of esters is 2. The number of aldehydes is 1. The molecule has 0 aromatic carbocycles. The van der Waals surface area contributed by atoms with Crippen LogP contribution in [0.2, 0.25) is 0 Å². The van der Waals surface area contributed by atoms with Crippen molar-refractivity contribution in [3.05, 3.63) is 11.6 Å². The SMILES string of the molecule is CC(=O)OC1C(C)OC(OC(=O)C23CCC(C)(C)CC2C2=CCC4C5(C)CCC(OC6OC(C(=O)O)C(O)C(OC7OC(C)C(O)C(O)C7O)C6OC6OC(CO)C(O)C(O)C6O)C(C)(C=O)C5CCC4(C)C2(C)CC3O)C(OC2OC(C)C(OC3OCC(O)C(OC4OCC(O)(CO)C4O)C3O)C(O)C2O)C1OC1OC(C)C(O)C(O)C1O. The first-order valence-corrected chi connectivity index (χ1v) is 41.1. The minimum absolute atomic E-state index is 0.0339. The molecular weight excluding hydrogens is 1590 g/mol. The number of carboxylic acids is 1. The van der Waals surface area contributed by atoms with Crippen LogP contribution < -0.4 is 0 Å². The Kier molecular flexibility index (Phi) is 27.3. The molecule has 0 spiro atoms. The zero-order valence-corrected chi connectivity index (χ0v) is 68.0. The van der Waals surface area contributed by atoms with E-state index in [1.807, 2.05) is 13.8 Å². The molecule has 13 rings (SSSR count). The number of hydrogen-bond donors (Lipinski definition) is 20. The van der Waals surface area contributed by atoms with Crippen molar-refractivity contribution in [3.8, 4) is 0 Å². The highest BCUT2D eigenvalue weighted by atomic mass is 16.8. The Morgan fingerprint density at radius 2 is 1.03 bits per heavy atom. The molecule has 0 radical (unpaired) electrons. The average molecular weight is 1720 g/mol. The first-order chi connectivity index (χ1) is 55.7. The van der Waals surface area contributed by atoms with Gasteiger partial charge in [-0.3, -0.25) is 9.59 Å². The summed E-state index contributed by atoms with van der Waals surface area (Å²) in [6.07, 6.45) is -63.7. The Bertz CT molecular complexity index is 3580. The number of carboxylic acid groups (broad SMARTS) is 1. The van der Waals surface area contributed by atoms with Gasteiger partial charge in [0.25, 0.3) is 0 Å².